The maximum Gasteiger partial charge on any atom is 0.256 e. The Morgan fingerprint density at radius 3 is 2.50 bits per heavy atom. The molecule has 0 unspecified atom stereocenters. The van der Waals surface area contributed by atoms with Crippen LogP contribution >= 0.6 is 0 Å². The molecule has 1 aromatic heterocycles. The number of benzene rings is 1. The van der Waals surface area contributed by atoms with Crippen molar-refractivity contribution in [3.63, 3.8) is 0 Å². The van der Waals surface area contributed by atoms with Crippen molar-refractivity contribution in [2.75, 3.05) is 0 Å². The molecule has 0 bridgehead atoms. The standard InChI is InChI=1S/C17H21NO2/c1-4-9-18-16(8-6-14(11-19)17(18)20)15-7-5-12(2)10-13(15)3/h5-8,10,19H,4,9,11H2,1-3H3. The van der Waals surface area contributed by atoms with E-state index in [0.717, 1.165) is 23.2 Å². The summed E-state index contributed by atoms with van der Waals surface area (Å²) in [4.78, 5) is 12.4. The van der Waals surface area contributed by atoms with E-state index in [2.05, 4.69) is 32.0 Å². The Balaban J connectivity index is 2.67. The Kier molecular flexibility index (Phi) is 4.40. The van der Waals surface area contributed by atoms with Crippen LogP contribution in [0.4, 0.5) is 0 Å². The minimum atomic E-state index is -0.213. The van der Waals surface area contributed by atoms with Gasteiger partial charge in [-0.25, -0.2) is 0 Å². The van der Waals surface area contributed by atoms with Crippen molar-refractivity contribution in [1.29, 1.82) is 0 Å². The second-order valence-electron chi connectivity index (χ2n) is 5.18. The number of aliphatic hydroxyl groups excluding tert-OH is 1. The van der Waals surface area contributed by atoms with Crippen LogP contribution in [0.5, 0.6) is 0 Å². The van der Waals surface area contributed by atoms with E-state index in [9.17, 15) is 9.90 Å². The molecule has 20 heavy (non-hydrogen) atoms. The molecule has 1 heterocycles. The van der Waals surface area contributed by atoms with E-state index >= 15 is 0 Å². The highest BCUT2D eigenvalue weighted by molar-refractivity contribution is 5.64. The number of hydrogen-bond acceptors (Lipinski definition) is 2. The van der Waals surface area contributed by atoms with Crippen molar-refractivity contribution >= 4 is 0 Å². The second kappa shape index (κ2) is 6.06. The van der Waals surface area contributed by atoms with Gasteiger partial charge in [0.1, 0.15) is 0 Å². The third-order valence-electron chi connectivity index (χ3n) is 3.53. The SMILES string of the molecule is CCCn1c(-c2ccc(C)cc2C)ccc(CO)c1=O. The Labute approximate surface area is 119 Å². The number of rotatable bonds is 4. The number of hydrogen-bond donors (Lipinski definition) is 1. The molecule has 1 aromatic carbocycles. The molecule has 3 nitrogen and oxygen atoms in total. The van der Waals surface area contributed by atoms with E-state index in [4.69, 9.17) is 0 Å². The van der Waals surface area contributed by atoms with E-state index in [0.29, 0.717) is 12.1 Å². The van der Waals surface area contributed by atoms with Gasteiger partial charge >= 0.3 is 0 Å². The zero-order valence-electron chi connectivity index (χ0n) is 12.3. The molecule has 0 amide bonds. The molecule has 2 aromatic rings. The molecule has 0 saturated carbocycles. The predicted molar refractivity (Wildman–Crippen MR) is 81.8 cm³/mol. The molecule has 0 aliphatic carbocycles. The van der Waals surface area contributed by atoms with Crippen molar-refractivity contribution in [3.05, 3.63) is 57.4 Å². The summed E-state index contributed by atoms with van der Waals surface area (Å²) in [5, 5.41) is 9.25. The molecule has 0 aliphatic heterocycles. The largest absolute Gasteiger partial charge is 0.391 e. The van der Waals surface area contributed by atoms with E-state index < -0.39 is 0 Å². The normalized spacial score (nSPS) is 10.8. The van der Waals surface area contributed by atoms with Gasteiger partial charge in [-0.15, -0.1) is 0 Å². The van der Waals surface area contributed by atoms with Crippen LogP contribution in [0.25, 0.3) is 11.3 Å². The van der Waals surface area contributed by atoms with Crippen molar-refractivity contribution in [3.8, 4) is 11.3 Å². The van der Waals surface area contributed by atoms with Crippen LogP contribution < -0.4 is 5.56 Å². The van der Waals surface area contributed by atoms with Gasteiger partial charge in [-0.05, 0) is 38.0 Å². The topological polar surface area (TPSA) is 42.2 Å². The van der Waals surface area contributed by atoms with Crippen LogP contribution in [0.3, 0.4) is 0 Å². The molecule has 0 aliphatic rings. The number of aryl methyl sites for hydroxylation is 2. The van der Waals surface area contributed by atoms with Crippen LogP contribution in [0.15, 0.2) is 35.1 Å². The number of aliphatic hydroxyl groups is 1. The highest BCUT2D eigenvalue weighted by atomic mass is 16.3. The van der Waals surface area contributed by atoms with Crippen LogP contribution in [0.1, 0.15) is 30.0 Å². The van der Waals surface area contributed by atoms with Crippen molar-refractivity contribution in [1.82, 2.24) is 4.57 Å². The molecule has 3 heteroatoms. The van der Waals surface area contributed by atoms with Gasteiger partial charge < -0.3 is 9.67 Å². The lowest BCUT2D eigenvalue weighted by Gasteiger charge is -2.15. The third kappa shape index (κ3) is 2.68. The molecule has 1 N–H and O–H groups in total. The summed E-state index contributed by atoms with van der Waals surface area (Å²) in [7, 11) is 0. The average Bonchev–Trinajstić information content (AvgIpc) is 2.42. The molecule has 106 valence electrons. The zero-order valence-corrected chi connectivity index (χ0v) is 12.3. The monoisotopic (exact) mass is 271 g/mol. The average molecular weight is 271 g/mol. The second-order valence-corrected chi connectivity index (χ2v) is 5.18. The van der Waals surface area contributed by atoms with Gasteiger partial charge in [-0.1, -0.05) is 30.7 Å². The first-order valence-corrected chi connectivity index (χ1v) is 6.99. The summed E-state index contributed by atoms with van der Waals surface area (Å²) in [6.07, 6.45) is 0.882. The highest BCUT2D eigenvalue weighted by Crippen LogP contribution is 2.23. The quantitative estimate of drug-likeness (QED) is 0.928. The fourth-order valence-electron chi connectivity index (χ4n) is 2.53. The number of aromatic nitrogens is 1. The molecule has 0 fully saturated rings. The minimum absolute atomic E-state index is 0.0909. The number of pyridine rings is 1. The molecule has 0 radical (unpaired) electrons. The fraction of sp³-hybridized carbons (Fsp3) is 0.353. The summed E-state index contributed by atoms with van der Waals surface area (Å²) in [5.74, 6) is 0. The van der Waals surface area contributed by atoms with Gasteiger partial charge in [-0.3, -0.25) is 4.79 Å². The first-order chi connectivity index (χ1) is 9.58. The third-order valence-corrected chi connectivity index (χ3v) is 3.53. The van der Waals surface area contributed by atoms with E-state index in [1.54, 1.807) is 10.6 Å². The van der Waals surface area contributed by atoms with Crippen LogP contribution in [0.2, 0.25) is 0 Å². The minimum Gasteiger partial charge on any atom is -0.391 e. The van der Waals surface area contributed by atoms with Gasteiger partial charge in [0.25, 0.3) is 5.56 Å². The fourth-order valence-corrected chi connectivity index (χ4v) is 2.53. The van der Waals surface area contributed by atoms with Gasteiger partial charge in [0.05, 0.1) is 12.3 Å². The van der Waals surface area contributed by atoms with E-state index in [-0.39, 0.29) is 12.2 Å². The molecule has 0 atom stereocenters. The van der Waals surface area contributed by atoms with Crippen molar-refractivity contribution < 1.29 is 5.11 Å². The Morgan fingerprint density at radius 1 is 1.15 bits per heavy atom. The lowest BCUT2D eigenvalue weighted by atomic mass is 10.0. The van der Waals surface area contributed by atoms with Gasteiger partial charge in [-0.2, -0.15) is 0 Å². The highest BCUT2D eigenvalue weighted by Gasteiger charge is 2.11. The Hall–Kier alpha value is -1.87. The van der Waals surface area contributed by atoms with Gasteiger partial charge in [0, 0.05) is 17.7 Å². The number of nitrogens with zero attached hydrogens (tertiary/aromatic N) is 1. The lowest BCUT2D eigenvalue weighted by Crippen LogP contribution is -2.25. The van der Waals surface area contributed by atoms with Crippen LogP contribution in [0, 0.1) is 13.8 Å². The molecule has 2 rings (SSSR count). The maximum absolute atomic E-state index is 12.4. The first kappa shape index (κ1) is 14.5. The van der Waals surface area contributed by atoms with Gasteiger partial charge in [0.15, 0.2) is 0 Å². The van der Waals surface area contributed by atoms with E-state index in [1.807, 2.05) is 13.0 Å². The molecular weight excluding hydrogens is 250 g/mol. The molecule has 0 spiro atoms. The van der Waals surface area contributed by atoms with Crippen molar-refractivity contribution in [2.45, 2.75) is 40.3 Å². The summed E-state index contributed by atoms with van der Waals surface area (Å²) in [6.45, 7) is 6.61. The lowest BCUT2D eigenvalue weighted by molar-refractivity contribution is 0.279. The van der Waals surface area contributed by atoms with Crippen LogP contribution in [-0.2, 0) is 13.2 Å². The zero-order chi connectivity index (χ0) is 14.7. The van der Waals surface area contributed by atoms with E-state index in [1.165, 1.54) is 5.56 Å². The molecule has 0 saturated heterocycles. The summed E-state index contributed by atoms with van der Waals surface area (Å²) in [6, 6.07) is 9.90. The first-order valence-electron chi connectivity index (χ1n) is 6.99. The van der Waals surface area contributed by atoms with Crippen LogP contribution in [-0.4, -0.2) is 9.67 Å². The summed E-state index contributed by atoms with van der Waals surface area (Å²) >= 11 is 0. The predicted octanol–water partition coefficient (Wildman–Crippen LogP) is 3.03. The Morgan fingerprint density at radius 2 is 1.90 bits per heavy atom. The smallest absolute Gasteiger partial charge is 0.256 e. The summed E-state index contributed by atoms with van der Waals surface area (Å²) < 4.78 is 1.77. The van der Waals surface area contributed by atoms with Gasteiger partial charge in [0.2, 0.25) is 0 Å². The maximum atomic E-state index is 12.4. The molecular formula is C17H21NO2. The Bertz CT molecular complexity index is 671. The van der Waals surface area contributed by atoms with Crippen molar-refractivity contribution in [2.24, 2.45) is 0 Å². The summed E-state index contributed by atoms with van der Waals surface area (Å²) in [5.41, 5.74) is 4.73.